The first-order valence-corrected chi connectivity index (χ1v) is 5.64. The lowest BCUT2D eigenvalue weighted by molar-refractivity contribution is 0.0684. The molecule has 0 unspecified atom stereocenters. The lowest BCUT2D eigenvalue weighted by atomic mass is 10.1. The summed E-state index contributed by atoms with van der Waals surface area (Å²) in [6.45, 7) is -0.117. The number of carboxylic acids is 1. The molecule has 0 aliphatic heterocycles. The smallest absolute Gasteiger partial charge is 0.352 e. The van der Waals surface area contributed by atoms with Crippen LogP contribution < -0.4 is 5.56 Å². The van der Waals surface area contributed by atoms with Crippen molar-refractivity contribution in [2.75, 3.05) is 0 Å². The van der Waals surface area contributed by atoms with Gasteiger partial charge in [-0.15, -0.1) is 0 Å². The van der Waals surface area contributed by atoms with Gasteiger partial charge in [-0.25, -0.2) is 9.18 Å². The summed E-state index contributed by atoms with van der Waals surface area (Å²) in [5.74, 6) is -1.86. The number of benzene rings is 1. The summed E-state index contributed by atoms with van der Waals surface area (Å²) in [6, 6.07) is 9.28. The zero-order chi connectivity index (χ0) is 14.7. The summed E-state index contributed by atoms with van der Waals surface area (Å²) in [5.41, 5.74) is -0.244. The SMILES string of the molecule is N#Cc1cc(F)cc(Cn2c(C(=O)O)cccc2=O)c1. The Labute approximate surface area is 113 Å². The van der Waals surface area contributed by atoms with Crippen LogP contribution in [0.25, 0.3) is 0 Å². The van der Waals surface area contributed by atoms with Gasteiger partial charge in [0.05, 0.1) is 18.2 Å². The molecule has 6 heteroatoms. The van der Waals surface area contributed by atoms with Crippen molar-refractivity contribution in [3.05, 3.63) is 69.4 Å². The molecule has 1 heterocycles. The minimum absolute atomic E-state index is 0.112. The second-order valence-electron chi connectivity index (χ2n) is 4.10. The van der Waals surface area contributed by atoms with E-state index in [9.17, 15) is 14.0 Å². The van der Waals surface area contributed by atoms with Gasteiger partial charge in [-0.3, -0.25) is 9.36 Å². The van der Waals surface area contributed by atoms with E-state index in [1.807, 2.05) is 0 Å². The Kier molecular flexibility index (Phi) is 3.62. The van der Waals surface area contributed by atoms with Crippen molar-refractivity contribution < 1.29 is 14.3 Å². The normalized spacial score (nSPS) is 10.0. The third-order valence-corrected chi connectivity index (χ3v) is 2.70. The summed E-state index contributed by atoms with van der Waals surface area (Å²) in [4.78, 5) is 22.8. The highest BCUT2D eigenvalue weighted by Crippen LogP contribution is 2.10. The van der Waals surface area contributed by atoms with Crippen molar-refractivity contribution in [3.8, 4) is 6.07 Å². The van der Waals surface area contributed by atoms with Gasteiger partial charge in [0.25, 0.3) is 5.56 Å². The molecule has 0 bridgehead atoms. The zero-order valence-electron chi connectivity index (χ0n) is 10.2. The average Bonchev–Trinajstić information content (AvgIpc) is 2.40. The number of carboxylic acid groups (broad SMARTS) is 1. The van der Waals surface area contributed by atoms with Crippen LogP contribution in [-0.4, -0.2) is 15.6 Å². The highest BCUT2D eigenvalue weighted by atomic mass is 19.1. The Balaban J connectivity index is 2.51. The predicted octanol–water partition coefficient (Wildman–Crippen LogP) is 1.61. The number of hydrogen-bond acceptors (Lipinski definition) is 3. The number of hydrogen-bond donors (Lipinski definition) is 1. The van der Waals surface area contributed by atoms with E-state index < -0.39 is 17.3 Å². The highest BCUT2D eigenvalue weighted by Gasteiger charge is 2.11. The molecule has 0 spiro atoms. The highest BCUT2D eigenvalue weighted by molar-refractivity contribution is 5.85. The maximum absolute atomic E-state index is 13.3. The van der Waals surface area contributed by atoms with E-state index in [0.717, 1.165) is 16.7 Å². The molecular formula is C14H9FN2O3. The first kappa shape index (κ1) is 13.5. The van der Waals surface area contributed by atoms with E-state index in [4.69, 9.17) is 10.4 Å². The number of halogens is 1. The zero-order valence-corrected chi connectivity index (χ0v) is 10.2. The molecular weight excluding hydrogens is 263 g/mol. The Bertz CT molecular complexity index is 775. The molecule has 2 aromatic rings. The second kappa shape index (κ2) is 5.36. The van der Waals surface area contributed by atoms with Crippen LogP contribution in [0, 0.1) is 17.1 Å². The maximum atomic E-state index is 13.3. The van der Waals surface area contributed by atoms with Gasteiger partial charge in [-0.05, 0) is 29.8 Å². The molecule has 20 heavy (non-hydrogen) atoms. The van der Waals surface area contributed by atoms with Crippen molar-refractivity contribution in [2.45, 2.75) is 6.54 Å². The molecule has 5 nitrogen and oxygen atoms in total. The van der Waals surface area contributed by atoms with Crippen LogP contribution in [-0.2, 0) is 6.54 Å². The number of rotatable bonds is 3. The number of aromatic carboxylic acids is 1. The summed E-state index contributed by atoms with van der Waals surface area (Å²) < 4.78 is 14.3. The van der Waals surface area contributed by atoms with Crippen molar-refractivity contribution in [1.82, 2.24) is 4.57 Å². The summed E-state index contributed by atoms with van der Waals surface area (Å²) in [5, 5.41) is 17.8. The van der Waals surface area contributed by atoms with E-state index in [1.54, 1.807) is 6.07 Å². The Morgan fingerprint density at radius 3 is 2.75 bits per heavy atom. The van der Waals surface area contributed by atoms with Crippen LogP contribution in [0.3, 0.4) is 0 Å². The molecule has 1 N–H and O–H groups in total. The Morgan fingerprint density at radius 1 is 1.35 bits per heavy atom. The molecule has 100 valence electrons. The molecule has 2 rings (SSSR count). The summed E-state index contributed by atoms with van der Waals surface area (Å²) >= 11 is 0. The molecule has 0 amide bonds. The monoisotopic (exact) mass is 272 g/mol. The van der Waals surface area contributed by atoms with Crippen LogP contribution in [0.4, 0.5) is 4.39 Å². The number of nitrogens with zero attached hydrogens (tertiary/aromatic N) is 2. The molecule has 0 atom stereocenters. The Hall–Kier alpha value is -2.94. The van der Waals surface area contributed by atoms with E-state index in [0.29, 0.717) is 5.56 Å². The van der Waals surface area contributed by atoms with Crippen LogP contribution in [0.1, 0.15) is 21.6 Å². The fraction of sp³-hybridized carbons (Fsp3) is 0.0714. The van der Waals surface area contributed by atoms with Crippen molar-refractivity contribution in [2.24, 2.45) is 0 Å². The quantitative estimate of drug-likeness (QED) is 0.920. The lowest BCUT2D eigenvalue weighted by Crippen LogP contribution is -2.25. The van der Waals surface area contributed by atoms with Crippen LogP contribution in [0.2, 0.25) is 0 Å². The molecule has 0 saturated carbocycles. The van der Waals surface area contributed by atoms with Crippen molar-refractivity contribution >= 4 is 5.97 Å². The number of aromatic nitrogens is 1. The van der Waals surface area contributed by atoms with Gasteiger partial charge in [0.15, 0.2) is 0 Å². The first-order chi connectivity index (χ1) is 9.51. The number of pyridine rings is 1. The second-order valence-corrected chi connectivity index (χ2v) is 4.10. The molecule has 1 aromatic carbocycles. The van der Waals surface area contributed by atoms with E-state index in [2.05, 4.69) is 0 Å². The molecule has 0 aliphatic rings. The standard InChI is InChI=1S/C14H9FN2O3/c15-11-5-9(7-16)4-10(6-11)8-17-12(14(19)20)2-1-3-13(17)18/h1-6H,8H2,(H,19,20). The van der Waals surface area contributed by atoms with Gasteiger partial charge >= 0.3 is 5.97 Å². The maximum Gasteiger partial charge on any atom is 0.352 e. The largest absolute Gasteiger partial charge is 0.477 e. The number of nitriles is 1. The minimum Gasteiger partial charge on any atom is -0.477 e. The average molecular weight is 272 g/mol. The summed E-state index contributed by atoms with van der Waals surface area (Å²) in [6.07, 6.45) is 0. The molecule has 0 aliphatic carbocycles. The van der Waals surface area contributed by atoms with Gasteiger partial charge in [0.2, 0.25) is 0 Å². The third-order valence-electron chi connectivity index (χ3n) is 2.70. The fourth-order valence-corrected chi connectivity index (χ4v) is 1.86. The topological polar surface area (TPSA) is 83.1 Å². The van der Waals surface area contributed by atoms with E-state index >= 15 is 0 Å². The predicted molar refractivity (Wildman–Crippen MR) is 67.9 cm³/mol. The van der Waals surface area contributed by atoms with E-state index in [1.165, 1.54) is 24.3 Å². The van der Waals surface area contributed by atoms with Crippen LogP contribution in [0.15, 0.2) is 41.2 Å². The van der Waals surface area contributed by atoms with Crippen molar-refractivity contribution in [3.63, 3.8) is 0 Å². The van der Waals surface area contributed by atoms with Gasteiger partial charge in [-0.1, -0.05) is 6.07 Å². The number of carbonyl (C=O) groups is 1. The van der Waals surface area contributed by atoms with Gasteiger partial charge < -0.3 is 5.11 Å². The molecule has 1 aromatic heterocycles. The van der Waals surface area contributed by atoms with Crippen molar-refractivity contribution in [1.29, 1.82) is 5.26 Å². The van der Waals surface area contributed by atoms with Crippen LogP contribution in [0.5, 0.6) is 0 Å². The third kappa shape index (κ3) is 2.72. The molecule has 0 saturated heterocycles. The summed E-state index contributed by atoms with van der Waals surface area (Å²) in [7, 11) is 0. The van der Waals surface area contributed by atoms with E-state index in [-0.39, 0.29) is 17.8 Å². The fourth-order valence-electron chi connectivity index (χ4n) is 1.86. The van der Waals surface area contributed by atoms with Gasteiger partial charge in [0, 0.05) is 6.07 Å². The van der Waals surface area contributed by atoms with Gasteiger partial charge in [-0.2, -0.15) is 5.26 Å². The molecule has 0 radical (unpaired) electrons. The first-order valence-electron chi connectivity index (χ1n) is 5.64. The van der Waals surface area contributed by atoms with Gasteiger partial charge in [0.1, 0.15) is 11.5 Å². The van der Waals surface area contributed by atoms with Crippen LogP contribution >= 0.6 is 0 Å². The minimum atomic E-state index is -1.25. The lowest BCUT2D eigenvalue weighted by Gasteiger charge is -2.09. The Morgan fingerprint density at radius 2 is 2.10 bits per heavy atom. The molecule has 0 fully saturated rings.